The highest BCUT2D eigenvalue weighted by atomic mass is 35.5. The number of nitrogens with zero attached hydrogens (tertiary/aromatic N) is 4. The molecule has 6 amide bonds. The summed E-state index contributed by atoms with van der Waals surface area (Å²) >= 11 is 8.57. The van der Waals surface area contributed by atoms with Crippen LogP contribution in [-0.4, -0.2) is 187 Å². The predicted octanol–water partition coefficient (Wildman–Crippen LogP) is 8.79. The summed E-state index contributed by atoms with van der Waals surface area (Å²) in [6.07, 6.45) is 3.03. The van der Waals surface area contributed by atoms with Gasteiger partial charge >= 0.3 is 5.51 Å². The quantitative estimate of drug-likeness (QED) is 0.0136. The van der Waals surface area contributed by atoms with Crippen LogP contribution in [0.3, 0.4) is 0 Å². The maximum absolute atomic E-state index is 14.3. The smallest absolute Gasteiger partial charge is 0.382 e. The van der Waals surface area contributed by atoms with Crippen molar-refractivity contribution in [1.82, 2.24) is 30.1 Å². The number of imide groups is 2. The number of morpholine rings is 1. The number of fused-ring (bicyclic) bond motifs is 1. The number of halogens is 4. The first-order valence-corrected chi connectivity index (χ1v) is 34.6. The minimum absolute atomic E-state index is 0.0250. The number of ether oxygens (including phenoxy) is 3. The lowest BCUT2D eigenvalue weighted by Gasteiger charge is -2.41. The van der Waals surface area contributed by atoms with E-state index in [1.807, 2.05) is 54.6 Å². The van der Waals surface area contributed by atoms with Crippen LogP contribution in [0.25, 0.3) is 5.57 Å². The molecule has 496 valence electrons. The van der Waals surface area contributed by atoms with Crippen LogP contribution in [0.15, 0.2) is 136 Å². The molecular formula is C66H75ClF3N9O11S3. The lowest BCUT2D eigenvalue weighted by molar-refractivity contribution is -0.136. The molecule has 4 aliphatic heterocycles. The molecule has 0 bridgehead atoms. The summed E-state index contributed by atoms with van der Waals surface area (Å²) in [5.74, 6) is -2.63. The lowest BCUT2D eigenvalue weighted by Crippen LogP contribution is -2.54. The zero-order valence-corrected chi connectivity index (χ0v) is 54.6. The maximum Gasteiger partial charge on any atom is 0.501 e. The Hall–Kier alpha value is -7.01. The SMILES string of the molecule is CC1(CNC(=O)COCCOCCNc2cccc3c2C(=O)N(C2CCC(=O)NC2=O)C3=O)CCC(c2ccc(Cl)cc2)=C(CN2CCN(c3ccc(C(=O)NSc4ccc(N[C@H](CCN5CCOCC5)CSc5ccccc5)c(S(=O)(=O)C(F)(F)F)c4)cc3)CC2)C1. The summed E-state index contributed by atoms with van der Waals surface area (Å²) in [5, 5.41) is 12.2. The van der Waals surface area contributed by atoms with Crippen molar-refractivity contribution in [2.75, 3.05) is 126 Å². The average molecular weight is 1360 g/mol. The Morgan fingerprint density at radius 2 is 1.56 bits per heavy atom. The number of alkyl halides is 3. The van der Waals surface area contributed by atoms with Crippen LogP contribution in [0.4, 0.5) is 30.2 Å². The van der Waals surface area contributed by atoms with Crippen LogP contribution in [0.1, 0.15) is 82.1 Å². The van der Waals surface area contributed by atoms with Gasteiger partial charge in [-0.05, 0) is 139 Å². The number of thioether (sulfide) groups is 1. The number of nitrogens with one attached hydrogen (secondary N) is 5. The van der Waals surface area contributed by atoms with E-state index in [9.17, 15) is 50.4 Å². The second-order valence-corrected chi connectivity index (χ2v) is 28.1. The molecule has 0 radical (unpaired) electrons. The van der Waals surface area contributed by atoms with Crippen molar-refractivity contribution in [2.45, 2.75) is 77.7 Å². The highest BCUT2D eigenvalue weighted by Gasteiger charge is 2.49. The molecule has 20 nitrogen and oxygen atoms in total. The van der Waals surface area contributed by atoms with E-state index >= 15 is 0 Å². The summed E-state index contributed by atoms with van der Waals surface area (Å²) < 4.78 is 88.7. The predicted molar refractivity (Wildman–Crippen MR) is 351 cm³/mol. The summed E-state index contributed by atoms with van der Waals surface area (Å²) in [6, 6.07) is 31.7. The fraction of sp³-hybridized carbons (Fsp3) is 0.424. The molecule has 5 aromatic carbocycles. The Morgan fingerprint density at radius 3 is 2.29 bits per heavy atom. The Balaban J connectivity index is 0.674. The normalized spacial score (nSPS) is 19.5. The molecule has 5 N–H and O–H groups in total. The number of benzene rings is 5. The fourth-order valence-electron chi connectivity index (χ4n) is 12.0. The lowest BCUT2D eigenvalue weighted by atomic mass is 9.71. The first kappa shape index (κ1) is 68.8. The second-order valence-electron chi connectivity index (χ2n) is 23.8. The van der Waals surface area contributed by atoms with Gasteiger partial charge < -0.3 is 35.1 Å². The van der Waals surface area contributed by atoms with Gasteiger partial charge in [0.1, 0.15) is 17.5 Å². The van der Waals surface area contributed by atoms with Crippen LogP contribution < -0.4 is 30.9 Å². The molecule has 5 aliphatic rings. The van der Waals surface area contributed by atoms with Crippen molar-refractivity contribution >= 4 is 103 Å². The van der Waals surface area contributed by atoms with Gasteiger partial charge in [-0.2, -0.15) is 13.2 Å². The molecule has 3 saturated heterocycles. The number of allylic oxidation sites excluding steroid dienone is 1. The molecule has 4 heterocycles. The van der Waals surface area contributed by atoms with Gasteiger partial charge in [-0.1, -0.05) is 60.5 Å². The Bertz CT molecular complexity index is 3660. The number of hydrogen-bond acceptors (Lipinski definition) is 18. The van der Waals surface area contributed by atoms with E-state index in [1.54, 1.807) is 24.3 Å². The minimum Gasteiger partial charge on any atom is -0.382 e. The first-order chi connectivity index (χ1) is 44.7. The Kier molecular flexibility index (Phi) is 23.3. The summed E-state index contributed by atoms with van der Waals surface area (Å²) in [6.45, 7) is 10.3. The minimum atomic E-state index is -5.81. The number of piperazine rings is 1. The van der Waals surface area contributed by atoms with Crippen LogP contribution in [0, 0.1) is 5.41 Å². The third kappa shape index (κ3) is 17.9. The first-order valence-electron chi connectivity index (χ1n) is 30.9. The summed E-state index contributed by atoms with van der Waals surface area (Å²) in [4.78, 5) is 85.3. The standard InChI is InChI=1S/C66H75ClF3N9O11S3/c1-65(43-72-59(81)41-90-37-36-88-33-25-71-55-9-5-8-53-60(55)64(85)79(63(53)84)56-20-21-58(80)74-62(56)83)24-22-52(44-10-14-47(67)15-11-44)46(39-65)40-77-27-29-78(30-28-77)49-16-12-45(13-17-49)61(82)75-92-51-18-19-54(57(38-51)93(86,87)66(68,69)70)73-48(23-26-76-31-34-89-35-32-76)42-91-50-6-3-2-4-7-50/h2-19,38,48,56,71,73H,20-37,39-43H2,1H3,(H,72,81)(H,75,82)(H,74,80,83)/t48-,56?,65?/m1/s1. The van der Waals surface area contributed by atoms with E-state index in [-0.39, 0.29) is 72.3 Å². The number of piperidine rings is 1. The second kappa shape index (κ2) is 31.5. The summed E-state index contributed by atoms with van der Waals surface area (Å²) in [7, 11) is -5.81. The van der Waals surface area contributed by atoms with Crippen LogP contribution in [0.5, 0.6) is 0 Å². The fourth-order valence-corrected chi connectivity index (χ4v) is 14.8. The number of amides is 6. The van der Waals surface area contributed by atoms with Crippen molar-refractivity contribution in [3.05, 3.63) is 148 Å². The number of sulfone groups is 1. The van der Waals surface area contributed by atoms with Crippen molar-refractivity contribution in [3.8, 4) is 0 Å². The van der Waals surface area contributed by atoms with Crippen LogP contribution in [0.2, 0.25) is 5.02 Å². The molecule has 0 aromatic heterocycles. The highest BCUT2D eigenvalue weighted by molar-refractivity contribution is 7.99. The summed E-state index contributed by atoms with van der Waals surface area (Å²) in [5.41, 5.74) is -0.345. The van der Waals surface area contributed by atoms with E-state index in [0.29, 0.717) is 74.4 Å². The molecule has 93 heavy (non-hydrogen) atoms. The van der Waals surface area contributed by atoms with E-state index in [4.69, 9.17) is 25.8 Å². The topological polar surface area (TPSA) is 237 Å². The average Bonchev–Trinajstić information content (AvgIpc) is 1.66. The number of rotatable bonds is 28. The molecule has 27 heteroatoms. The van der Waals surface area contributed by atoms with Gasteiger partial charge in [0.05, 0.1) is 49.8 Å². The molecule has 0 saturated carbocycles. The molecule has 3 atom stereocenters. The van der Waals surface area contributed by atoms with Crippen molar-refractivity contribution < 1.29 is 64.6 Å². The molecule has 1 aliphatic carbocycles. The highest BCUT2D eigenvalue weighted by Crippen LogP contribution is 2.44. The maximum atomic E-state index is 14.3. The Morgan fingerprint density at radius 1 is 0.817 bits per heavy atom. The van der Waals surface area contributed by atoms with Gasteiger partial charge in [0.2, 0.25) is 17.7 Å². The number of carbonyl (C=O) groups is 6. The van der Waals surface area contributed by atoms with E-state index < -0.39 is 61.9 Å². The largest absolute Gasteiger partial charge is 0.501 e. The van der Waals surface area contributed by atoms with Crippen molar-refractivity contribution in [1.29, 1.82) is 0 Å². The van der Waals surface area contributed by atoms with Gasteiger partial charge in [-0.3, -0.25) is 53.5 Å². The van der Waals surface area contributed by atoms with Gasteiger partial charge in [0.15, 0.2) is 0 Å². The van der Waals surface area contributed by atoms with Crippen LogP contribution >= 0.6 is 35.3 Å². The third-order valence-electron chi connectivity index (χ3n) is 17.1. The van der Waals surface area contributed by atoms with E-state index in [2.05, 4.69) is 59.7 Å². The molecule has 10 rings (SSSR count). The molecule has 3 fully saturated rings. The third-order valence-corrected chi connectivity index (χ3v) is 20.9. The molecule has 5 aromatic rings. The molecule has 2 unspecified atom stereocenters. The van der Waals surface area contributed by atoms with Gasteiger partial charge in [0.25, 0.3) is 27.6 Å². The number of anilines is 3. The molecular weight excluding hydrogens is 1280 g/mol. The number of carbonyl (C=O) groups excluding carboxylic acids is 6. The molecule has 0 spiro atoms. The van der Waals surface area contributed by atoms with Gasteiger partial charge in [-0.15, -0.1) is 11.8 Å². The van der Waals surface area contributed by atoms with E-state index in [0.717, 1.165) is 91.0 Å². The van der Waals surface area contributed by atoms with E-state index in [1.165, 1.54) is 41.1 Å². The van der Waals surface area contributed by atoms with Crippen molar-refractivity contribution in [2.24, 2.45) is 5.41 Å². The zero-order chi connectivity index (χ0) is 65.7. The van der Waals surface area contributed by atoms with Gasteiger partial charge in [-0.25, -0.2) is 8.42 Å². The zero-order valence-electron chi connectivity index (χ0n) is 51.4. The Labute approximate surface area is 552 Å². The van der Waals surface area contributed by atoms with Crippen LogP contribution in [-0.2, 0) is 38.4 Å². The van der Waals surface area contributed by atoms with Gasteiger partial charge in [0, 0.05) is 115 Å². The monoisotopic (exact) mass is 1360 g/mol. The van der Waals surface area contributed by atoms with Crippen molar-refractivity contribution in [3.63, 3.8) is 0 Å². The number of hydrogen-bond donors (Lipinski definition) is 5.